The molecule has 1 aliphatic carbocycles. The van der Waals surface area contributed by atoms with Crippen molar-refractivity contribution in [2.24, 2.45) is 0 Å². The predicted octanol–water partition coefficient (Wildman–Crippen LogP) is 1.90. The van der Waals surface area contributed by atoms with Crippen molar-refractivity contribution in [2.45, 2.75) is 44.7 Å². The van der Waals surface area contributed by atoms with Gasteiger partial charge in [-0.3, -0.25) is 0 Å². The van der Waals surface area contributed by atoms with Crippen LogP contribution in [0.25, 0.3) is 0 Å². The lowest BCUT2D eigenvalue weighted by Crippen LogP contribution is -2.44. The Bertz CT molecular complexity index is 845. The van der Waals surface area contributed by atoms with Gasteiger partial charge in [-0.25, -0.2) is 0 Å². The lowest BCUT2D eigenvalue weighted by molar-refractivity contribution is 0.339. The second-order valence-corrected chi connectivity index (χ2v) is 8.16. The molecule has 0 amide bonds. The lowest BCUT2D eigenvalue weighted by Gasteiger charge is -2.28. The first kappa shape index (κ1) is 15.7. The van der Waals surface area contributed by atoms with Crippen LogP contribution in [-0.4, -0.2) is 29.4 Å². The quantitative estimate of drug-likeness (QED) is 0.891. The van der Waals surface area contributed by atoms with E-state index in [4.69, 9.17) is 4.52 Å². The van der Waals surface area contributed by atoms with E-state index in [1.807, 2.05) is 24.3 Å². The molecular weight excluding hydrogens is 328 g/mol. The molecule has 2 aromatic rings. The Morgan fingerprint density at radius 1 is 1.29 bits per heavy atom. The monoisotopic (exact) mass is 348 g/mol. The molecule has 7 nitrogen and oxygen atoms in total. The zero-order valence-corrected chi connectivity index (χ0v) is 14.3. The fourth-order valence-corrected chi connectivity index (χ4v) is 4.29. The Labute approximate surface area is 141 Å². The molecule has 1 N–H and O–H groups in total. The van der Waals surface area contributed by atoms with Gasteiger partial charge in [0.2, 0.25) is 5.89 Å². The number of aromatic nitrogens is 2. The van der Waals surface area contributed by atoms with Crippen molar-refractivity contribution >= 4 is 10.2 Å². The molecule has 1 atom stereocenters. The van der Waals surface area contributed by atoms with Crippen molar-refractivity contribution in [1.82, 2.24) is 19.2 Å². The van der Waals surface area contributed by atoms with Crippen LogP contribution >= 0.6 is 0 Å². The highest BCUT2D eigenvalue weighted by Gasteiger charge is 2.32. The number of benzene rings is 1. The molecule has 1 unspecified atom stereocenters. The van der Waals surface area contributed by atoms with Gasteiger partial charge in [-0.15, -0.1) is 0 Å². The number of nitrogens with zero attached hydrogens (tertiary/aromatic N) is 3. The van der Waals surface area contributed by atoms with Crippen molar-refractivity contribution in [1.29, 1.82) is 0 Å². The third-order valence-corrected chi connectivity index (χ3v) is 6.17. The van der Waals surface area contributed by atoms with Gasteiger partial charge in [-0.2, -0.15) is 22.4 Å². The van der Waals surface area contributed by atoms with Crippen LogP contribution in [0.4, 0.5) is 0 Å². The number of hydrogen-bond donors (Lipinski definition) is 1. The molecule has 2 heterocycles. The minimum absolute atomic E-state index is 0.317. The second-order valence-electron chi connectivity index (χ2n) is 6.46. The Hall–Kier alpha value is -1.77. The molecular formula is C16H20N4O3S. The summed E-state index contributed by atoms with van der Waals surface area (Å²) in [5, 5.41) is 3.94. The van der Waals surface area contributed by atoms with Crippen LogP contribution < -0.4 is 4.72 Å². The highest BCUT2D eigenvalue weighted by molar-refractivity contribution is 7.87. The first-order valence-electron chi connectivity index (χ1n) is 8.20. The predicted molar refractivity (Wildman–Crippen MR) is 87.3 cm³/mol. The molecule has 1 aromatic carbocycles. The van der Waals surface area contributed by atoms with Crippen molar-refractivity contribution in [3.05, 3.63) is 47.1 Å². The lowest BCUT2D eigenvalue weighted by atomic mass is 10.0. The van der Waals surface area contributed by atoms with Crippen LogP contribution in [0.1, 0.15) is 54.6 Å². The van der Waals surface area contributed by atoms with Gasteiger partial charge in [0.05, 0.1) is 6.04 Å². The summed E-state index contributed by atoms with van der Waals surface area (Å²) < 4.78 is 34.6. The van der Waals surface area contributed by atoms with E-state index >= 15 is 0 Å². The number of hydrogen-bond acceptors (Lipinski definition) is 5. The SMILES string of the molecule is CC(NS(=O)(=O)N1CCc2ccccc2C1)c1nc(C2CC2)no1. The van der Waals surface area contributed by atoms with E-state index < -0.39 is 16.3 Å². The number of fused-ring (bicyclic) bond motifs is 1. The van der Waals surface area contributed by atoms with E-state index in [-0.39, 0.29) is 0 Å². The van der Waals surface area contributed by atoms with E-state index in [1.54, 1.807) is 6.92 Å². The Balaban J connectivity index is 1.46. The van der Waals surface area contributed by atoms with Gasteiger partial charge in [0, 0.05) is 19.0 Å². The van der Waals surface area contributed by atoms with E-state index in [1.165, 1.54) is 9.87 Å². The summed E-state index contributed by atoms with van der Waals surface area (Å²) in [5.41, 5.74) is 2.26. The highest BCUT2D eigenvalue weighted by atomic mass is 32.2. The third kappa shape index (κ3) is 3.09. The zero-order chi connectivity index (χ0) is 16.7. The smallest absolute Gasteiger partial charge is 0.280 e. The second kappa shape index (κ2) is 5.94. The summed E-state index contributed by atoms with van der Waals surface area (Å²) >= 11 is 0. The number of nitrogens with one attached hydrogen (secondary N) is 1. The first-order valence-corrected chi connectivity index (χ1v) is 9.64. The van der Waals surface area contributed by atoms with Crippen LogP contribution in [0.2, 0.25) is 0 Å². The molecule has 0 radical (unpaired) electrons. The van der Waals surface area contributed by atoms with Crippen LogP contribution in [0.5, 0.6) is 0 Å². The molecule has 1 aromatic heterocycles. The fraction of sp³-hybridized carbons (Fsp3) is 0.500. The van der Waals surface area contributed by atoms with E-state index in [9.17, 15) is 8.42 Å². The van der Waals surface area contributed by atoms with Crippen LogP contribution in [-0.2, 0) is 23.2 Å². The Kier molecular flexibility index (Phi) is 3.90. The largest absolute Gasteiger partial charge is 0.338 e. The van der Waals surface area contributed by atoms with Gasteiger partial charge >= 0.3 is 0 Å². The molecule has 1 saturated carbocycles. The molecule has 1 fully saturated rings. The van der Waals surface area contributed by atoms with Crippen molar-refractivity contribution in [3.63, 3.8) is 0 Å². The average Bonchev–Trinajstić information content (AvgIpc) is 3.30. The zero-order valence-electron chi connectivity index (χ0n) is 13.5. The standard InChI is InChI=1S/C16H20N4O3S/c1-11(16-17-15(18-23-16)13-6-7-13)19-24(21,22)20-9-8-12-4-2-3-5-14(12)10-20/h2-5,11,13,19H,6-10H2,1H3. The fourth-order valence-electron chi connectivity index (χ4n) is 2.95. The van der Waals surface area contributed by atoms with E-state index in [2.05, 4.69) is 14.9 Å². The molecule has 8 heteroatoms. The molecule has 0 spiro atoms. The third-order valence-electron chi connectivity index (χ3n) is 4.53. The summed E-state index contributed by atoms with van der Waals surface area (Å²) in [4.78, 5) is 4.31. The molecule has 2 aliphatic rings. The van der Waals surface area contributed by atoms with E-state index in [0.29, 0.717) is 30.7 Å². The van der Waals surface area contributed by atoms with E-state index in [0.717, 1.165) is 24.8 Å². The highest BCUT2D eigenvalue weighted by Crippen LogP contribution is 2.38. The normalized spacial score (nSPS) is 19.9. The van der Waals surface area contributed by atoms with Gasteiger partial charge in [0.25, 0.3) is 10.2 Å². The topological polar surface area (TPSA) is 88.3 Å². The van der Waals surface area contributed by atoms with Crippen LogP contribution in [0, 0.1) is 0 Å². The molecule has 24 heavy (non-hydrogen) atoms. The minimum atomic E-state index is -3.61. The van der Waals surface area contributed by atoms with Crippen LogP contribution in [0.15, 0.2) is 28.8 Å². The van der Waals surface area contributed by atoms with Crippen molar-refractivity contribution in [3.8, 4) is 0 Å². The van der Waals surface area contributed by atoms with Gasteiger partial charge in [-0.1, -0.05) is 29.4 Å². The molecule has 1 aliphatic heterocycles. The molecule has 0 bridgehead atoms. The first-order chi connectivity index (χ1) is 11.5. The van der Waals surface area contributed by atoms with Crippen molar-refractivity contribution < 1.29 is 12.9 Å². The van der Waals surface area contributed by atoms with Gasteiger partial charge < -0.3 is 4.52 Å². The Morgan fingerprint density at radius 3 is 2.79 bits per heavy atom. The maximum absolute atomic E-state index is 12.7. The summed E-state index contributed by atoms with van der Waals surface area (Å²) in [6, 6.07) is 7.39. The maximum Gasteiger partial charge on any atom is 0.280 e. The summed E-state index contributed by atoms with van der Waals surface area (Å²) in [6.07, 6.45) is 2.87. The van der Waals surface area contributed by atoms with Gasteiger partial charge in [0.15, 0.2) is 5.82 Å². The van der Waals surface area contributed by atoms with Crippen molar-refractivity contribution in [2.75, 3.05) is 6.54 Å². The summed E-state index contributed by atoms with van der Waals surface area (Å²) in [5.74, 6) is 1.38. The van der Waals surface area contributed by atoms with Gasteiger partial charge in [-0.05, 0) is 37.3 Å². The maximum atomic E-state index is 12.7. The Morgan fingerprint density at radius 2 is 2.04 bits per heavy atom. The van der Waals surface area contributed by atoms with Crippen LogP contribution in [0.3, 0.4) is 0 Å². The molecule has 4 rings (SSSR count). The summed E-state index contributed by atoms with van der Waals surface area (Å²) in [6.45, 7) is 2.57. The van der Waals surface area contributed by atoms with Gasteiger partial charge in [0.1, 0.15) is 0 Å². The number of rotatable bonds is 5. The molecule has 128 valence electrons. The average molecular weight is 348 g/mol. The molecule has 0 saturated heterocycles. The summed E-state index contributed by atoms with van der Waals surface area (Å²) in [7, 11) is -3.61. The minimum Gasteiger partial charge on any atom is -0.338 e.